The normalized spacial score (nSPS) is 18.2. The summed E-state index contributed by atoms with van der Waals surface area (Å²) >= 11 is 0. The van der Waals surface area contributed by atoms with E-state index in [0.717, 1.165) is 31.9 Å². The molecule has 2 heterocycles. The molecular formula is C17H32N6. The predicted molar refractivity (Wildman–Crippen MR) is 97.3 cm³/mol. The van der Waals surface area contributed by atoms with Crippen LogP contribution in [0.5, 0.6) is 0 Å². The monoisotopic (exact) mass is 320 g/mol. The third kappa shape index (κ3) is 5.52. The van der Waals surface area contributed by atoms with Gasteiger partial charge < -0.3 is 15.5 Å². The molecule has 2 rings (SSSR count). The van der Waals surface area contributed by atoms with E-state index in [9.17, 15) is 0 Å². The molecule has 2 atom stereocenters. The van der Waals surface area contributed by atoms with E-state index < -0.39 is 0 Å². The molecule has 0 amide bonds. The topological polar surface area (TPSA) is 66.0 Å². The lowest BCUT2D eigenvalue weighted by Gasteiger charge is -2.22. The highest BCUT2D eigenvalue weighted by Gasteiger charge is 2.16. The molecular weight excluding hydrogens is 288 g/mol. The first kappa shape index (κ1) is 17.8. The summed E-state index contributed by atoms with van der Waals surface area (Å²) in [5.41, 5.74) is 0. The molecule has 0 radical (unpaired) electrons. The fourth-order valence-corrected chi connectivity index (χ4v) is 2.55. The molecule has 1 saturated heterocycles. The average Bonchev–Trinajstić information content (AvgIpc) is 2.83. The van der Waals surface area contributed by atoms with Crippen LogP contribution in [-0.4, -0.2) is 40.1 Å². The summed E-state index contributed by atoms with van der Waals surface area (Å²) in [5.74, 6) is 2.16. The third-order valence-electron chi connectivity index (χ3n) is 4.49. The standard InChI is InChI=1S/C17H32N6/c1-5-13(3)18-15-20-16(19-14(4)6-2)22-17(21-15)23-11-9-7-8-10-12-23/h13-14H,5-12H2,1-4H3,(H2,18,19,20,21,22)/t13-,14-/m1/s1. The Morgan fingerprint density at radius 1 is 0.826 bits per heavy atom. The second-order valence-corrected chi connectivity index (χ2v) is 6.59. The van der Waals surface area contributed by atoms with Gasteiger partial charge in [-0.25, -0.2) is 0 Å². The number of hydrogen-bond acceptors (Lipinski definition) is 6. The number of hydrogen-bond donors (Lipinski definition) is 2. The highest BCUT2D eigenvalue weighted by Crippen LogP contribution is 2.19. The maximum absolute atomic E-state index is 4.67. The molecule has 1 aliphatic rings. The third-order valence-corrected chi connectivity index (χ3v) is 4.49. The molecule has 0 spiro atoms. The van der Waals surface area contributed by atoms with Crippen LogP contribution >= 0.6 is 0 Å². The van der Waals surface area contributed by atoms with Gasteiger partial charge in [0.25, 0.3) is 0 Å². The summed E-state index contributed by atoms with van der Waals surface area (Å²) in [6.07, 6.45) is 7.12. The summed E-state index contributed by atoms with van der Waals surface area (Å²) in [6, 6.07) is 0.705. The number of rotatable bonds is 7. The van der Waals surface area contributed by atoms with Crippen molar-refractivity contribution in [3.05, 3.63) is 0 Å². The van der Waals surface area contributed by atoms with E-state index in [1.54, 1.807) is 0 Å². The van der Waals surface area contributed by atoms with Crippen molar-refractivity contribution < 1.29 is 0 Å². The zero-order valence-corrected chi connectivity index (χ0v) is 15.1. The first-order valence-corrected chi connectivity index (χ1v) is 9.16. The van der Waals surface area contributed by atoms with Crippen molar-refractivity contribution in [3.8, 4) is 0 Å². The van der Waals surface area contributed by atoms with Gasteiger partial charge in [-0.15, -0.1) is 0 Å². The minimum Gasteiger partial charge on any atom is -0.352 e. The average molecular weight is 320 g/mol. The second-order valence-electron chi connectivity index (χ2n) is 6.59. The Kier molecular flexibility index (Phi) is 6.86. The molecule has 23 heavy (non-hydrogen) atoms. The molecule has 0 saturated carbocycles. The Labute approximate surface area is 140 Å². The lowest BCUT2D eigenvalue weighted by molar-refractivity contribution is 0.723. The Bertz CT molecular complexity index is 440. The molecule has 0 bridgehead atoms. The largest absolute Gasteiger partial charge is 0.352 e. The van der Waals surface area contributed by atoms with E-state index in [-0.39, 0.29) is 0 Å². The van der Waals surface area contributed by atoms with Crippen LogP contribution in [0.4, 0.5) is 17.8 Å². The maximum Gasteiger partial charge on any atom is 0.231 e. The quantitative estimate of drug-likeness (QED) is 0.799. The second kappa shape index (κ2) is 8.89. The van der Waals surface area contributed by atoms with Crippen LogP contribution in [0.2, 0.25) is 0 Å². The van der Waals surface area contributed by atoms with Gasteiger partial charge in [-0.3, -0.25) is 0 Å². The Morgan fingerprint density at radius 3 is 1.74 bits per heavy atom. The maximum atomic E-state index is 4.67. The van der Waals surface area contributed by atoms with Crippen LogP contribution in [0, 0.1) is 0 Å². The molecule has 0 aliphatic carbocycles. The molecule has 6 heteroatoms. The Balaban J connectivity index is 2.23. The fraction of sp³-hybridized carbons (Fsp3) is 0.824. The molecule has 2 N–H and O–H groups in total. The highest BCUT2D eigenvalue weighted by atomic mass is 15.3. The molecule has 0 aromatic carbocycles. The summed E-state index contributed by atoms with van der Waals surface area (Å²) in [7, 11) is 0. The first-order valence-electron chi connectivity index (χ1n) is 9.16. The van der Waals surface area contributed by atoms with Crippen LogP contribution in [0.15, 0.2) is 0 Å². The summed E-state index contributed by atoms with van der Waals surface area (Å²) in [5, 5.41) is 6.78. The van der Waals surface area contributed by atoms with Crippen molar-refractivity contribution in [3.63, 3.8) is 0 Å². The van der Waals surface area contributed by atoms with E-state index in [4.69, 9.17) is 0 Å². The van der Waals surface area contributed by atoms with Gasteiger partial charge in [0, 0.05) is 25.2 Å². The zero-order valence-electron chi connectivity index (χ0n) is 15.1. The van der Waals surface area contributed by atoms with Crippen molar-refractivity contribution in [1.82, 2.24) is 15.0 Å². The number of nitrogens with zero attached hydrogens (tertiary/aromatic N) is 4. The van der Waals surface area contributed by atoms with Crippen LogP contribution in [0.3, 0.4) is 0 Å². The zero-order chi connectivity index (χ0) is 16.7. The van der Waals surface area contributed by atoms with E-state index in [2.05, 4.69) is 58.2 Å². The summed E-state index contributed by atoms with van der Waals surface area (Å²) in [6.45, 7) is 10.7. The Hall–Kier alpha value is -1.59. The van der Waals surface area contributed by atoms with Crippen molar-refractivity contribution in [2.24, 2.45) is 0 Å². The van der Waals surface area contributed by atoms with Gasteiger partial charge in [-0.05, 0) is 39.5 Å². The number of nitrogens with one attached hydrogen (secondary N) is 2. The minimum atomic E-state index is 0.353. The summed E-state index contributed by atoms with van der Waals surface area (Å²) in [4.78, 5) is 16.2. The molecule has 1 aromatic rings. The molecule has 0 unspecified atom stereocenters. The van der Waals surface area contributed by atoms with Gasteiger partial charge in [0.05, 0.1) is 0 Å². The molecule has 130 valence electrons. The molecule has 1 aliphatic heterocycles. The van der Waals surface area contributed by atoms with E-state index in [1.165, 1.54) is 25.7 Å². The lowest BCUT2D eigenvalue weighted by Crippen LogP contribution is -2.28. The van der Waals surface area contributed by atoms with Gasteiger partial charge >= 0.3 is 0 Å². The predicted octanol–water partition coefficient (Wildman–Crippen LogP) is 3.67. The van der Waals surface area contributed by atoms with Crippen LogP contribution in [0.25, 0.3) is 0 Å². The van der Waals surface area contributed by atoms with Gasteiger partial charge in [0.15, 0.2) is 0 Å². The van der Waals surface area contributed by atoms with Crippen molar-refractivity contribution in [2.45, 2.75) is 78.3 Å². The van der Waals surface area contributed by atoms with Crippen molar-refractivity contribution >= 4 is 17.8 Å². The van der Waals surface area contributed by atoms with Crippen molar-refractivity contribution in [1.29, 1.82) is 0 Å². The molecule has 1 aromatic heterocycles. The van der Waals surface area contributed by atoms with Gasteiger partial charge in [0.2, 0.25) is 17.8 Å². The SMILES string of the molecule is CC[C@@H](C)Nc1nc(N[C@H](C)CC)nc(N2CCCCCC2)n1. The minimum absolute atomic E-state index is 0.353. The van der Waals surface area contributed by atoms with Crippen LogP contribution in [-0.2, 0) is 0 Å². The molecule has 6 nitrogen and oxygen atoms in total. The van der Waals surface area contributed by atoms with E-state index in [0.29, 0.717) is 24.0 Å². The van der Waals surface area contributed by atoms with Crippen LogP contribution in [0.1, 0.15) is 66.2 Å². The van der Waals surface area contributed by atoms with Crippen LogP contribution < -0.4 is 15.5 Å². The van der Waals surface area contributed by atoms with Gasteiger partial charge in [-0.2, -0.15) is 15.0 Å². The smallest absolute Gasteiger partial charge is 0.231 e. The first-order chi connectivity index (χ1) is 11.1. The Morgan fingerprint density at radius 2 is 1.30 bits per heavy atom. The number of aromatic nitrogens is 3. The lowest BCUT2D eigenvalue weighted by atomic mass is 10.2. The fourth-order valence-electron chi connectivity index (χ4n) is 2.55. The molecule has 1 fully saturated rings. The van der Waals surface area contributed by atoms with E-state index >= 15 is 0 Å². The van der Waals surface area contributed by atoms with E-state index in [1.807, 2.05) is 0 Å². The highest BCUT2D eigenvalue weighted by molar-refractivity contribution is 5.44. The number of anilines is 3. The van der Waals surface area contributed by atoms with Gasteiger partial charge in [0.1, 0.15) is 0 Å². The summed E-state index contributed by atoms with van der Waals surface area (Å²) < 4.78 is 0. The van der Waals surface area contributed by atoms with Gasteiger partial charge in [-0.1, -0.05) is 26.7 Å². The van der Waals surface area contributed by atoms with Crippen molar-refractivity contribution in [2.75, 3.05) is 28.6 Å².